The number of para-hydroxylation sites is 1. The molecule has 1 aromatic heterocycles. The predicted molar refractivity (Wildman–Crippen MR) is 102 cm³/mol. The van der Waals surface area contributed by atoms with Crippen molar-refractivity contribution in [1.82, 2.24) is 20.1 Å². The van der Waals surface area contributed by atoms with Gasteiger partial charge in [-0.05, 0) is 36.4 Å². The summed E-state index contributed by atoms with van der Waals surface area (Å²) >= 11 is 7.22. The lowest BCUT2D eigenvalue weighted by molar-refractivity contribution is -0.118. The highest BCUT2D eigenvalue weighted by atomic mass is 35.5. The van der Waals surface area contributed by atoms with Crippen LogP contribution >= 0.6 is 23.4 Å². The van der Waals surface area contributed by atoms with E-state index < -0.39 is 0 Å². The van der Waals surface area contributed by atoms with Crippen molar-refractivity contribution in [3.8, 4) is 11.4 Å². The van der Waals surface area contributed by atoms with Gasteiger partial charge in [0.05, 0.1) is 5.75 Å². The molecule has 0 radical (unpaired) electrons. The van der Waals surface area contributed by atoms with E-state index in [4.69, 9.17) is 16.3 Å². The molecular weight excluding hydrogens is 372 g/mol. The van der Waals surface area contributed by atoms with Crippen LogP contribution in [0, 0.1) is 0 Å². The number of amides is 1. The molecule has 1 N–H and O–H groups in total. The van der Waals surface area contributed by atoms with Crippen molar-refractivity contribution in [3.63, 3.8) is 0 Å². The average Bonchev–Trinajstić information content (AvgIpc) is 3.09. The smallest absolute Gasteiger partial charge is 0.230 e. The van der Waals surface area contributed by atoms with E-state index in [1.54, 1.807) is 31.3 Å². The molecule has 1 amide bonds. The Bertz CT molecular complexity index is 869. The Balaban J connectivity index is 1.83. The summed E-state index contributed by atoms with van der Waals surface area (Å²) in [6.45, 7) is 0.240. The van der Waals surface area contributed by atoms with E-state index in [-0.39, 0.29) is 18.3 Å². The first-order valence-electron chi connectivity index (χ1n) is 7.89. The Morgan fingerprint density at radius 3 is 2.58 bits per heavy atom. The van der Waals surface area contributed by atoms with Gasteiger partial charge in [0.25, 0.3) is 0 Å². The van der Waals surface area contributed by atoms with Crippen molar-refractivity contribution in [2.75, 3.05) is 12.8 Å². The molecule has 0 saturated carbocycles. The summed E-state index contributed by atoms with van der Waals surface area (Å²) in [4.78, 5) is 11.6. The minimum atomic E-state index is -0.0726. The van der Waals surface area contributed by atoms with Gasteiger partial charge in [-0.2, -0.15) is 0 Å². The number of carbonyl (C=O) groups is 1. The molecule has 1 heterocycles. The fourth-order valence-electron chi connectivity index (χ4n) is 2.20. The van der Waals surface area contributed by atoms with E-state index in [1.165, 1.54) is 11.8 Å². The van der Waals surface area contributed by atoms with Gasteiger partial charge < -0.3 is 10.1 Å². The predicted octanol–water partition coefficient (Wildman–Crippen LogP) is 3.34. The molecule has 26 heavy (non-hydrogen) atoms. The molecule has 0 unspecified atom stereocenters. The van der Waals surface area contributed by atoms with Gasteiger partial charge in [-0.1, -0.05) is 41.6 Å². The Kier molecular flexibility index (Phi) is 6.14. The van der Waals surface area contributed by atoms with Crippen LogP contribution < -0.4 is 10.1 Å². The quantitative estimate of drug-likeness (QED) is 0.629. The molecule has 0 atom stereocenters. The number of benzene rings is 2. The van der Waals surface area contributed by atoms with Gasteiger partial charge in [-0.3, -0.25) is 9.36 Å². The molecule has 6 nitrogen and oxygen atoms in total. The Labute approximate surface area is 160 Å². The average molecular weight is 389 g/mol. The molecule has 0 aliphatic heterocycles. The highest BCUT2D eigenvalue weighted by molar-refractivity contribution is 7.99. The standard InChI is InChI=1S/C18H17ClN4O2S/c1-20-17(24)12-26-18-22-21-16(23(18)14-5-3-2-4-6-14)11-25-15-9-7-13(19)8-10-15/h2-10H,11-12H2,1H3,(H,20,24). The second-order valence-electron chi connectivity index (χ2n) is 5.27. The summed E-state index contributed by atoms with van der Waals surface area (Å²) in [5.74, 6) is 1.53. The van der Waals surface area contributed by atoms with Crippen LogP contribution in [0.4, 0.5) is 0 Å². The summed E-state index contributed by atoms with van der Waals surface area (Å²) in [7, 11) is 1.61. The molecule has 0 aliphatic rings. The van der Waals surface area contributed by atoms with Crippen LogP contribution in [0.3, 0.4) is 0 Å². The minimum Gasteiger partial charge on any atom is -0.486 e. The van der Waals surface area contributed by atoms with E-state index in [1.807, 2.05) is 34.9 Å². The third-order valence-corrected chi connectivity index (χ3v) is 4.69. The molecule has 0 fully saturated rings. The minimum absolute atomic E-state index is 0.0726. The topological polar surface area (TPSA) is 69.0 Å². The van der Waals surface area contributed by atoms with E-state index in [0.717, 1.165) is 5.69 Å². The molecule has 0 saturated heterocycles. The molecule has 134 valence electrons. The number of nitrogens with zero attached hydrogens (tertiary/aromatic N) is 3. The van der Waals surface area contributed by atoms with Gasteiger partial charge in [0.1, 0.15) is 12.4 Å². The molecule has 3 rings (SSSR count). The molecule has 3 aromatic rings. The summed E-state index contributed by atoms with van der Waals surface area (Å²) in [6, 6.07) is 16.9. The molecule has 0 spiro atoms. The SMILES string of the molecule is CNC(=O)CSc1nnc(COc2ccc(Cl)cc2)n1-c1ccccc1. The summed E-state index contributed by atoms with van der Waals surface area (Å²) in [5.41, 5.74) is 0.909. The lowest BCUT2D eigenvalue weighted by Gasteiger charge is -2.11. The molecular formula is C18H17ClN4O2S. The number of aromatic nitrogens is 3. The fraction of sp³-hybridized carbons (Fsp3) is 0.167. The zero-order valence-corrected chi connectivity index (χ0v) is 15.6. The van der Waals surface area contributed by atoms with E-state index in [0.29, 0.717) is 21.8 Å². The summed E-state index contributed by atoms with van der Waals surface area (Å²) < 4.78 is 7.69. The van der Waals surface area contributed by atoms with Crippen LogP contribution in [0.5, 0.6) is 5.75 Å². The lowest BCUT2D eigenvalue weighted by atomic mass is 10.3. The van der Waals surface area contributed by atoms with Crippen molar-refractivity contribution < 1.29 is 9.53 Å². The summed E-state index contributed by atoms with van der Waals surface area (Å²) in [6.07, 6.45) is 0. The molecule has 8 heteroatoms. The molecule has 0 aliphatic carbocycles. The zero-order chi connectivity index (χ0) is 18.4. The normalized spacial score (nSPS) is 10.5. The highest BCUT2D eigenvalue weighted by Crippen LogP contribution is 2.23. The number of thioether (sulfide) groups is 1. The first-order chi connectivity index (χ1) is 12.7. The van der Waals surface area contributed by atoms with Crippen molar-refractivity contribution in [2.45, 2.75) is 11.8 Å². The van der Waals surface area contributed by atoms with Gasteiger partial charge in [0, 0.05) is 17.8 Å². The second-order valence-corrected chi connectivity index (χ2v) is 6.65. The summed E-state index contributed by atoms with van der Waals surface area (Å²) in [5, 5.41) is 12.3. The first-order valence-corrected chi connectivity index (χ1v) is 9.25. The van der Waals surface area contributed by atoms with Crippen molar-refractivity contribution >= 4 is 29.3 Å². The third-order valence-electron chi connectivity index (χ3n) is 3.51. The fourth-order valence-corrected chi connectivity index (χ4v) is 3.17. The Morgan fingerprint density at radius 1 is 1.15 bits per heavy atom. The zero-order valence-electron chi connectivity index (χ0n) is 14.1. The number of rotatable bonds is 7. The maximum atomic E-state index is 11.6. The van der Waals surface area contributed by atoms with Crippen molar-refractivity contribution in [1.29, 1.82) is 0 Å². The lowest BCUT2D eigenvalue weighted by Crippen LogP contribution is -2.20. The monoisotopic (exact) mass is 388 g/mol. The van der Waals surface area contributed by atoms with Gasteiger partial charge in [0.15, 0.2) is 11.0 Å². The Hall–Kier alpha value is -2.51. The van der Waals surface area contributed by atoms with Crippen molar-refractivity contribution in [3.05, 3.63) is 65.4 Å². The largest absolute Gasteiger partial charge is 0.486 e. The maximum Gasteiger partial charge on any atom is 0.230 e. The van der Waals surface area contributed by atoms with Crippen LogP contribution in [0.25, 0.3) is 5.69 Å². The van der Waals surface area contributed by atoms with Gasteiger partial charge in [-0.25, -0.2) is 0 Å². The van der Waals surface area contributed by atoms with Crippen LogP contribution in [-0.4, -0.2) is 33.5 Å². The number of halogens is 1. The number of ether oxygens (including phenoxy) is 1. The van der Waals surface area contributed by atoms with Gasteiger partial charge in [-0.15, -0.1) is 10.2 Å². The van der Waals surface area contributed by atoms with Crippen LogP contribution in [0.2, 0.25) is 5.02 Å². The van der Waals surface area contributed by atoms with Crippen LogP contribution in [0.15, 0.2) is 59.8 Å². The highest BCUT2D eigenvalue weighted by Gasteiger charge is 2.16. The molecule has 2 aromatic carbocycles. The van der Waals surface area contributed by atoms with Gasteiger partial charge >= 0.3 is 0 Å². The number of nitrogens with one attached hydrogen (secondary N) is 1. The number of carbonyl (C=O) groups excluding carboxylic acids is 1. The van der Waals surface area contributed by atoms with Gasteiger partial charge in [0.2, 0.25) is 5.91 Å². The molecule has 0 bridgehead atoms. The second kappa shape index (κ2) is 8.73. The first kappa shape index (κ1) is 18.3. The Morgan fingerprint density at radius 2 is 1.88 bits per heavy atom. The van der Waals surface area contributed by atoms with Crippen molar-refractivity contribution in [2.24, 2.45) is 0 Å². The van der Waals surface area contributed by atoms with E-state index >= 15 is 0 Å². The van der Waals surface area contributed by atoms with Crippen LogP contribution in [-0.2, 0) is 11.4 Å². The maximum absolute atomic E-state index is 11.6. The number of hydrogen-bond acceptors (Lipinski definition) is 5. The van der Waals surface area contributed by atoms with E-state index in [2.05, 4.69) is 15.5 Å². The number of hydrogen-bond donors (Lipinski definition) is 1. The third kappa shape index (κ3) is 4.56. The van der Waals surface area contributed by atoms with E-state index in [9.17, 15) is 4.79 Å². The van der Waals surface area contributed by atoms with Crippen LogP contribution in [0.1, 0.15) is 5.82 Å².